The number of rotatable bonds is 51. The molecule has 0 aromatic carbocycles. The van der Waals surface area contributed by atoms with Gasteiger partial charge >= 0.3 is 0 Å². The Hall–Kier alpha value is -2.58. The van der Waals surface area contributed by atoms with E-state index in [4.69, 9.17) is 9.05 Å². The molecule has 2 N–H and O–H groups in total. The molecule has 70 heavy (non-hydrogen) atoms. The number of amides is 1. The second kappa shape index (κ2) is 51.3. The highest BCUT2D eigenvalue weighted by Gasteiger charge is 2.23. The second-order valence-corrected chi connectivity index (χ2v) is 21.7. The van der Waals surface area contributed by atoms with Gasteiger partial charge in [0, 0.05) is 6.42 Å². The maximum absolute atomic E-state index is 12.9. The number of phosphoric ester groups is 1. The number of aliphatic hydroxyl groups is 1. The number of hydrogen-bond acceptors (Lipinski definition) is 6. The lowest BCUT2D eigenvalue weighted by atomic mass is 10.0. The van der Waals surface area contributed by atoms with Crippen LogP contribution >= 0.6 is 7.82 Å². The first-order chi connectivity index (χ1) is 34.0. The van der Waals surface area contributed by atoms with Gasteiger partial charge < -0.3 is 28.8 Å². The molecule has 0 spiro atoms. The molecular formula is C61H109N2O6P. The van der Waals surface area contributed by atoms with Crippen molar-refractivity contribution in [1.29, 1.82) is 0 Å². The molecular weight excluding hydrogens is 888 g/mol. The summed E-state index contributed by atoms with van der Waals surface area (Å²) < 4.78 is 23.3. The molecule has 0 aliphatic carbocycles. The van der Waals surface area contributed by atoms with Crippen molar-refractivity contribution in [3.63, 3.8) is 0 Å². The zero-order chi connectivity index (χ0) is 51.3. The van der Waals surface area contributed by atoms with Crippen LogP contribution in [0.1, 0.15) is 232 Å². The minimum absolute atomic E-state index is 0.0202. The number of hydrogen-bond donors (Lipinski definition) is 2. The first-order valence-electron chi connectivity index (χ1n) is 28.6. The van der Waals surface area contributed by atoms with Crippen molar-refractivity contribution in [3.05, 3.63) is 97.2 Å². The van der Waals surface area contributed by atoms with E-state index in [9.17, 15) is 19.4 Å². The summed E-state index contributed by atoms with van der Waals surface area (Å²) in [6.45, 7) is 4.48. The molecule has 3 unspecified atom stereocenters. The number of allylic oxidation sites excluding steroid dienone is 15. The van der Waals surface area contributed by atoms with E-state index < -0.39 is 26.6 Å². The van der Waals surface area contributed by atoms with Gasteiger partial charge in [0.2, 0.25) is 5.91 Å². The van der Waals surface area contributed by atoms with Gasteiger partial charge in [0.25, 0.3) is 7.82 Å². The van der Waals surface area contributed by atoms with E-state index in [-0.39, 0.29) is 18.9 Å². The van der Waals surface area contributed by atoms with Gasteiger partial charge in [-0.2, -0.15) is 0 Å². The maximum Gasteiger partial charge on any atom is 0.268 e. The van der Waals surface area contributed by atoms with Gasteiger partial charge in [-0.15, -0.1) is 0 Å². The first kappa shape index (κ1) is 67.4. The van der Waals surface area contributed by atoms with Crippen LogP contribution in [0.25, 0.3) is 0 Å². The lowest BCUT2D eigenvalue weighted by Gasteiger charge is -2.29. The molecule has 9 heteroatoms. The van der Waals surface area contributed by atoms with Crippen molar-refractivity contribution >= 4 is 13.7 Å². The zero-order valence-corrected chi connectivity index (χ0v) is 46.8. The first-order valence-corrected chi connectivity index (χ1v) is 30.1. The van der Waals surface area contributed by atoms with E-state index >= 15 is 0 Å². The van der Waals surface area contributed by atoms with Gasteiger partial charge in [-0.3, -0.25) is 9.36 Å². The van der Waals surface area contributed by atoms with Gasteiger partial charge in [-0.1, -0.05) is 239 Å². The highest BCUT2D eigenvalue weighted by molar-refractivity contribution is 7.45. The summed E-state index contributed by atoms with van der Waals surface area (Å²) in [4.78, 5) is 25.5. The Bertz CT molecular complexity index is 1460. The van der Waals surface area contributed by atoms with E-state index in [0.29, 0.717) is 17.4 Å². The number of phosphoric acid groups is 1. The number of likely N-dealkylation sites (N-methyl/N-ethyl adjacent to an activating group) is 1. The molecule has 0 saturated heterocycles. The predicted molar refractivity (Wildman–Crippen MR) is 302 cm³/mol. The number of aliphatic hydroxyl groups excluding tert-OH is 1. The average Bonchev–Trinajstić information content (AvgIpc) is 3.32. The van der Waals surface area contributed by atoms with Crippen LogP contribution in [0.15, 0.2) is 97.2 Å². The summed E-state index contributed by atoms with van der Waals surface area (Å²) in [6, 6.07) is -0.934. The molecule has 0 fully saturated rings. The summed E-state index contributed by atoms with van der Waals surface area (Å²) in [7, 11) is 1.20. The van der Waals surface area contributed by atoms with Crippen molar-refractivity contribution < 1.29 is 32.9 Å². The highest BCUT2D eigenvalue weighted by atomic mass is 31.2. The van der Waals surface area contributed by atoms with Gasteiger partial charge in [-0.25, -0.2) is 0 Å². The summed E-state index contributed by atoms with van der Waals surface area (Å²) in [5.41, 5.74) is 0. The van der Waals surface area contributed by atoms with Crippen LogP contribution in [-0.4, -0.2) is 68.5 Å². The molecule has 404 valence electrons. The number of carbonyl (C=O) groups is 1. The third kappa shape index (κ3) is 53.2. The van der Waals surface area contributed by atoms with Crippen molar-refractivity contribution in [2.75, 3.05) is 40.9 Å². The number of unbranched alkanes of at least 4 members (excludes halogenated alkanes) is 24. The normalized spacial score (nSPS) is 14.7. The molecule has 0 bridgehead atoms. The SMILES string of the molecule is CC/C=C\C/C=C\C/C=C\C/C=C\C/C=C\C/C=C\CCCCC(=O)NC(COP(=O)([O-])OCC[N+](C)(C)C)C(O)/C=C/CC/C=C/CCCCCCCCCCCCCCCCCCCCCCC. The molecule has 0 aromatic rings. The van der Waals surface area contributed by atoms with E-state index in [1.165, 1.54) is 135 Å². The van der Waals surface area contributed by atoms with Crippen LogP contribution in [-0.2, 0) is 18.4 Å². The van der Waals surface area contributed by atoms with Gasteiger partial charge in [0.15, 0.2) is 0 Å². The molecule has 0 radical (unpaired) electrons. The van der Waals surface area contributed by atoms with E-state index in [2.05, 4.69) is 104 Å². The molecule has 0 aliphatic heterocycles. The molecule has 3 atom stereocenters. The van der Waals surface area contributed by atoms with Crippen LogP contribution in [0, 0.1) is 0 Å². The van der Waals surface area contributed by atoms with E-state index in [1.807, 2.05) is 27.2 Å². The fraction of sp³-hybridized carbons (Fsp3) is 0.721. The standard InChI is InChI=1S/C61H109N2O6P/c1-6-8-10-12-14-16-18-20-22-24-26-28-29-30-31-32-33-35-36-38-40-42-44-46-48-50-52-54-60(64)59(58-69-70(66,67)68-57-56-63(3,4)5)62-61(65)55-53-51-49-47-45-43-41-39-37-34-27-25-23-21-19-17-15-13-11-9-7-2/h9,11,15,17,21,23,27,34,39,41,44-47,52,54,59-60,64H,6-8,10,12-14,16,18-20,22,24-26,28-33,35-38,40,42-43,48-51,53,55-58H2,1-5H3,(H-,62,65,66,67)/b11-9-,17-15-,23-21-,34-27-,41-39-,46-44+,47-45-,54-52+. The van der Waals surface area contributed by atoms with Gasteiger partial charge in [0.05, 0.1) is 39.9 Å². The Morgan fingerprint density at radius 2 is 0.886 bits per heavy atom. The fourth-order valence-electron chi connectivity index (χ4n) is 7.82. The largest absolute Gasteiger partial charge is 0.756 e. The van der Waals surface area contributed by atoms with Crippen molar-refractivity contribution in [2.45, 2.75) is 244 Å². The van der Waals surface area contributed by atoms with Crippen LogP contribution in [0.3, 0.4) is 0 Å². The van der Waals surface area contributed by atoms with Gasteiger partial charge in [-0.05, 0) is 83.5 Å². The number of nitrogens with zero attached hydrogens (tertiary/aromatic N) is 1. The van der Waals surface area contributed by atoms with Crippen molar-refractivity contribution in [2.24, 2.45) is 0 Å². The third-order valence-corrected chi connectivity index (χ3v) is 13.2. The van der Waals surface area contributed by atoms with E-state index in [1.54, 1.807) is 6.08 Å². The molecule has 8 nitrogen and oxygen atoms in total. The zero-order valence-electron chi connectivity index (χ0n) is 45.9. The lowest BCUT2D eigenvalue weighted by Crippen LogP contribution is -2.45. The number of carbonyl (C=O) groups excluding carboxylic acids is 1. The monoisotopic (exact) mass is 997 g/mol. The van der Waals surface area contributed by atoms with Crippen LogP contribution in [0.4, 0.5) is 0 Å². The molecule has 0 aromatic heterocycles. The number of quaternary nitrogens is 1. The van der Waals surface area contributed by atoms with E-state index in [0.717, 1.165) is 70.6 Å². The van der Waals surface area contributed by atoms with Crippen LogP contribution in [0.2, 0.25) is 0 Å². The summed E-state index contributed by atoms with van der Waals surface area (Å²) in [6.07, 6.45) is 73.6. The minimum atomic E-state index is -4.62. The Morgan fingerprint density at radius 1 is 0.514 bits per heavy atom. The molecule has 0 rings (SSSR count). The van der Waals surface area contributed by atoms with Crippen molar-refractivity contribution in [3.8, 4) is 0 Å². The topological polar surface area (TPSA) is 108 Å². The molecule has 0 heterocycles. The second-order valence-electron chi connectivity index (χ2n) is 20.3. The highest BCUT2D eigenvalue weighted by Crippen LogP contribution is 2.38. The lowest BCUT2D eigenvalue weighted by molar-refractivity contribution is -0.870. The van der Waals surface area contributed by atoms with Crippen molar-refractivity contribution in [1.82, 2.24) is 5.32 Å². The minimum Gasteiger partial charge on any atom is -0.756 e. The Labute approximate surface area is 432 Å². The molecule has 0 aliphatic rings. The quantitative estimate of drug-likeness (QED) is 0.0272. The molecule has 0 saturated carbocycles. The molecule has 1 amide bonds. The fourth-order valence-corrected chi connectivity index (χ4v) is 8.54. The van der Waals surface area contributed by atoms with Crippen LogP contribution < -0.4 is 10.2 Å². The summed E-state index contributed by atoms with van der Waals surface area (Å²) in [5, 5.41) is 13.8. The Morgan fingerprint density at radius 3 is 1.33 bits per heavy atom. The summed E-state index contributed by atoms with van der Waals surface area (Å²) in [5.74, 6) is -0.251. The Kier molecular flexibility index (Phi) is 49.4. The number of nitrogens with one attached hydrogen (secondary N) is 1. The maximum atomic E-state index is 12.9. The predicted octanol–water partition coefficient (Wildman–Crippen LogP) is 16.8. The smallest absolute Gasteiger partial charge is 0.268 e. The Balaban J connectivity index is 4.35. The summed E-state index contributed by atoms with van der Waals surface area (Å²) >= 11 is 0. The third-order valence-electron chi connectivity index (χ3n) is 12.3. The van der Waals surface area contributed by atoms with Crippen LogP contribution in [0.5, 0.6) is 0 Å². The average molecular weight is 998 g/mol. The van der Waals surface area contributed by atoms with Gasteiger partial charge in [0.1, 0.15) is 13.2 Å².